The molecule has 6 nitrogen and oxygen atoms in total. The number of aromatic nitrogens is 4. The van der Waals surface area contributed by atoms with Crippen LogP contribution in [0.2, 0.25) is 5.15 Å². The van der Waals surface area contributed by atoms with Crippen molar-refractivity contribution in [3.8, 4) is 5.95 Å². The zero-order valence-corrected chi connectivity index (χ0v) is 12.8. The summed E-state index contributed by atoms with van der Waals surface area (Å²) in [5.41, 5.74) is 8.55. The molecular weight excluding hydrogens is 302 g/mol. The average Bonchev–Trinajstić information content (AvgIpc) is 2.82. The molecule has 7 heteroatoms. The highest BCUT2D eigenvalue weighted by Gasteiger charge is 2.40. The second-order valence-electron chi connectivity index (χ2n) is 5.94. The molecule has 114 valence electrons. The van der Waals surface area contributed by atoms with Gasteiger partial charge in [-0.25, -0.2) is 9.97 Å². The summed E-state index contributed by atoms with van der Waals surface area (Å²) in [6.07, 6.45) is 8.57. The Bertz CT molecular complexity index is 736. The van der Waals surface area contributed by atoms with Crippen molar-refractivity contribution >= 4 is 23.0 Å². The lowest BCUT2D eigenvalue weighted by Crippen LogP contribution is -2.43. The minimum atomic E-state index is 0.337. The summed E-state index contributed by atoms with van der Waals surface area (Å²) in [6, 6.07) is 1.75. The van der Waals surface area contributed by atoms with E-state index in [1.165, 1.54) is 4.68 Å². The Hall–Kier alpha value is -1.92. The van der Waals surface area contributed by atoms with Gasteiger partial charge in [-0.3, -0.25) is 0 Å². The van der Waals surface area contributed by atoms with Crippen LogP contribution in [0.3, 0.4) is 0 Å². The van der Waals surface area contributed by atoms with Crippen molar-refractivity contribution in [3.63, 3.8) is 0 Å². The van der Waals surface area contributed by atoms with Gasteiger partial charge in [-0.1, -0.05) is 17.7 Å². The zero-order valence-electron chi connectivity index (χ0n) is 12.0. The van der Waals surface area contributed by atoms with Gasteiger partial charge >= 0.3 is 0 Å². The van der Waals surface area contributed by atoms with E-state index in [2.05, 4.69) is 21.1 Å². The maximum absolute atomic E-state index is 6.32. The lowest BCUT2D eigenvalue weighted by Gasteiger charge is -2.43. The highest BCUT2D eigenvalue weighted by molar-refractivity contribution is 6.31. The van der Waals surface area contributed by atoms with Crippen LogP contribution in [0.25, 0.3) is 11.5 Å². The molecule has 0 aromatic carbocycles. The van der Waals surface area contributed by atoms with E-state index in [1.54, 1.807) is 18.5 Å². The lowest BCUT2D eigenvalue weighted by molar-refractivity contribution is -0.116. The first kappa shape index (κ1) is 13.7. The summed E-state index contributed by atoms with van der Waals surface area (Å²) in [7, 11) is 0. The van der Waals surface area contributed by atoms with E-state index in [9.17, 15) is 0 Å². The van der Waals surface area contributed by atoms with Crippen LogP contribution in [0.1, 0.15) is 24.8 Å². The summed E-state index contributed by atoms with van der Waals surface area (Å²) in [6.45, 7) is 1.72. The van der Waals surface area contributed by atoms with Crippen LogP contribution >= 0.6 is 11.6 Å². The molecule has 1 aliphatic heterocycles. The molecule has 2 aromatic heterocycles. The van der Waals surface area contributed by atoms with Gasteiger partial charge in [-0.15, -0.1) is 0 Å². The van der Waals surface area contributed by atoms with Gasteiger partial charge in [0.05, 0.1) is 18.8 Å². The molecule has 1 aliphatic carbocycles. The standard InChI is InChI=1S/C15H16ClN5O/c16-12-11(10-2-4-15(5-3-10)8-22-9-15)13(17)21(20-12)14-18-6-1-7-19-14/h1-2,6-7H,3-5,8-9,17H2. The fourth-order valence-corrected chi connectivity index (χ4v) is 3.37. The van der Waals surface area contributed by atoms with Crippen LogP contribution in [0.4, 0.5) is 5.82 Å². The third kappa shape index (κ3) is 2.10. The highest BCUT2D eigenvalue weighted by Crippen LogP contribution is 2.45. The topological polar surface area (TPSA) is 78.9 Å². The Balaban J connectivity index is 1.70. The third-order valence-electron chi connectivity index (χ3n) is 4.46. The normalized spacial score (nSPS) is 19.8. The summed E-state index contributed by atoms with van der Waals surface area (Å²) in [4.78, 5) is 8.34. The Labute approximate surface area is 133 Å². The van der Waals surface area contributed by atoms with Crippen LogP contribution in [-0.2, 0) is 4.74 Å². The quantitative estimate of drug-likeness (QED) is 0.920. The van der Waals surface area contributed by atoms with Crippen LogP contribution < -0.4 is 5.73 Å². The maximum Gasteiger partial charge on any atom is 0.252 e. The first-order chi connectivity index (χ1) is 10.7. The lowest BCUT2D eigenvalue weighted by atomic mass is 9.73. The SMILES string of the molecule is Nc1c(C2=CCC3(CC2)COC3)c(Cl)nn1-c1ncccn1. The highest BCUT2D eigenvalue weighted by atomic mass is 35.5. The summed E-state index contributed by atoms with van der Waals surface area (Å²) >= 11 is 6.32. The van der Waals surface area contributed by atoms with Crippen molar-refractivity contribution in [2.45, 2.75) is 19.3 Å². The molecule has 1 fully saturated rings. The van der Waals surface area contributed by atoms with Crippen molar-refractivity contribution in [1.82, 2.24) is 19.7 Å². The number of hydrogen-bond donors (Lipinski definition) is 1. The van der Waals surface area contributed by atoms with E-state index < -0.39 is 0 Å². The molecule has 4 rings (SSSR count). The van der Waals surface area contributed by atoms with Gasteiger partial charge in [0.1, 0.15) is 5.82 Å². The predicted octanol–water partition coefficient (Wildman–Crippen LogP) is 2.48. The second-order valence-corrected chi connectivity index (χ2v) is 6.30. The summed E-state index contributed by atoms with van der Waals surface area (Å²) < 4.78 is 6.85. The minimum Gasteiger partial charge on any atom is -0.383 e. The third-order valence-corrected chi connectivity index (χ3v) is 4.73. The fourth-order valence-electron chi connectivity index (χ4n) is 3.08. The zero-order chi connectivity index (χ0) is 15.2. The van der Waals surface area contributed by atoms with Crippen LogP contribution in [-0.4, -0.2) is 33.0 Å². The fraction of sp³-hybridized carbons (Fsp3) is 0.400. The van der Waals surface area contributed by atoms with Crippen molar-refractivity contribution in [2.75, 3.05) is 18.9 Å². The average molecular weight is 318 g/mol. The molecule has 0 amide bonds. The monoisotopic (exact) mass is 317 g/mol. The number of allylic oxidation sites excluding steroid dienone is 2. The molecule has 2 aromatic rings. The number of rotatable bonds is 2. The molecule has 3 heterocycles. The van der Waals surface area contributed by atoms with Gasteiger partial charge in [-0.05, 0) is 30.9 Å². The molecular formula is C15H16ClN5O. The van der Waals surface area contributed by atoms with E-state index in [-0.39, 0.29) is 0 Å². The van der Waals surface area contributed by atoms with Gasteiger partial charge in [0.2, 0.25) is 0 Å². The number of anilines is 1. The molecule has 0 unspecified atom stereocenters. The van der Waals surface area contributed by atoms with Crippen molar-refractivity contribution < 1.29 is 4.74 Å². The van der Waals surface area contributed by atoms with Crippen LogP contribution in [0.15, 0.2) is 24.5 Å². The van der Waals surface area contributed by atoms with Gasteiger partial charge in [0, 0.05) is 17.8 Å². The largest absolute Gasteiger partial charge is 0.383 e. The van der Waals surface area contributed by atoms with E-state index in [1.807, 2.05) is 0 Å². The van der Waals surface area contributed by atoms with Crippen LogP contribution in [0, 0.1) is 5.41 Å². The number of nitrogen functional groups attached to an aromatic ring is 1. The maximum atomic E-state index is 6.32. The Kier molecular flexibility index (Phi) is 3.16. The number of nitrogens with zero attached hydrogens (tertiary/aromatic N) is 4. The summed E-state index contributed by atoms with van der Waals surface area (Å²) in [5.74, 6) is 0.914. The summed E-state index contributed by atoms with van der Waals surface area (Å²) in [5, 5.41) is 4.69. The number of halogens is 1. The minimum absolute atomic E-state index is 0.337. The Morgan fingerprint density at radius 2 is 2.05 bits per heavy atom. The molecule has 2 aliphatic rings. The first-order valence-corrected chi connectivity index (χ1v) is 7.65. The van der Waals surface area contributed by atoms with E-state index in [0.29, 0.717) is 22.3 Å². The molecule has 1 saturated heterocycles. The number of ether oxygens (including phenoxy) is 1. The Morgan fingerprint density at radius 3 is 2.64 bits per heavy atom. The van der Waals surface area contributed by atoms with Crippen molar-refractivity contribution in [2.24, 2.45) is 5.41 Å². The van der Waals surface area contributed by atoms with Gasteiger partial charge in [0.25, 0.3) is 5.95 Å². The number of nitrogens with two attached hydrogens (primary N) is 1. The first-order valence-electron chi connectivity index (χ1n) is 7.27. The Morgan fingerprint density at radius 1 is 1.27 bits per heavy atom. The number of hydrogen-bond acceptors (Lipinski definition) is 5. The van der Waals surface area contributed by atoms with Gasteiger partial charge < -0.3 is 10.5 Å². The smallest absolute Gasteiger partial charge is 0.252 e. The van der Waals surface area contributed by atoms with E-state index in [4.69, 9.17) is 22.1 Å². The molecule has 22 heavy (non-hydrogen) atoms. The van der Waals surface area contributed by atoms with Gasteiger partial charge in [-0.2, -0.15) is 9.78 Å². The van der Waals surface area contributed by atoms with Crippen molar-refractivity contribution in [1.29, 1.82) is 0 Å². The molecule has 0 bridgehead atoms. The second kappa shape index (κ2) is 5.07. The molecule has 1 spiro atoms. The van der Waals surface area contributed by atoms with Crippen LogP contribution in [0.5, 0.6) is 0 Å². The predicted molar refractivity (Wildman–Crippen MR) is 83.7 cm³/mol. The van der Waals surface area contributed by atoms with E-state index in [0.717, 1.165) is 43.6 Å². The van der Waals surface area contributed by atoms with Crippen molar-refractivity contribution in [3.05, 3.63) is 35.3 Å². The molecule has 0 radical (unpaired) electrons. The molecule has 0 saturated carbocycles. The molecule has 2 N–H and O–H groups in total. The van der Waals surface area contributed by atoms with Gasteiger partial charge in [0.15, 0.2) is 5.15 Å². The molecule has 0 atom stereocenters. The van der Waals surface area contributed by atoms with E-state index >= 15 is 0 Å².